The lowest BCUT2D eigenvalue weighted by Gasteiger charge is -2.15. The van der Waals surface area contributed by atoms with Crippen molar-refractivity contribution in [2.24, 2.45) is 0 Å². The molecule has 0 aliphatic heterocycles. The summed E-state index contributed by atoms with van der Waals surface area (Å²) in [5, 5.41) is 6.03. The van der Waals surface area contributed by atoms with Gasteiger partial charge in [-0.15, -0.1) is 0 Å². The predicted octanol–water partition coefficient (Wildman–Crippen LogP) is 2.62. The molecule has 8 nitrogen and oxygen atoms in total. The van der Waals surface area contributed by atoms with Crippen LogP contribution in [0.2, 0.25) is 0 Å². The number of carbonyl (C=O) groups is 1. The molecule has 2 N–H and O–H groups in total. The topological polar surface area (TPSA) is 90.9 Å². The lowest BCUT2D eigenvalue weighted by Crippen LogP contribution is -2.25. The fourth-order valence-corrected chi connectivity index (χ4v) is 2.47. The molecular formula is C19H25N3O5. The first kappa shape index (κ1) is 20.3. The summed E-state index contributed by atoms with van der Waals surface area (Å²) in [6.07, 6.45) is 3.90. The number of rotatable bonds is 10. The monoisotopic (exact) mass is 375 g/mol. The van der Waals surface area contributed by atoms with Crippen LogP contribution in [0.1, 0.15) is 16.8 Å². The molecule has 2 aromatic rings. The average Bonchev–Trinajstić information content (AvgIpc) is 2.70. The molecular weight excluding hydrogens is 350 g/mol. The molecule has 2 rings (SSSR count). The maximum atomic E-state index is 12.2. The lowest BCUT2D eigenvalue weighted by molar-refractivity contribution is 0.0948. The average molecular weight is 375 g/mol. The Bertz CT molecular complexity index is 742. The van der Waals surface area contributed by atoms with Gasteiger partial charge in [-0.2, -0.15) is 0 Å². The summed E-state index contributed by atoms with van der Waals surface area (Å²) >= 11 is 0. The van der Waals surface area contributed by atoms with E-state index in [2.05, 4.69) is 15.6 Å². The van der Waals surface area contributed by atoms with E-state index < -0.39 is 0 Å². The van der Waals surface area contributed by atoms with E-state index in [1.54, 1.807) is 52.8 Å². The maximum Gasteiger partial charge on any atom is 0.252 e. The fourth-order valence-electron chi connectivity index (χ4n) is 2.47. The second-order valence-electron chi connectivity index (χ2n) is 5.60. The Morgan fingerprint density at radius 1 is 0.963 bits per heavy atom. The number of nitrogens with zero attached hydrogens (tertiary/aromatic N) is 1. The van der Waals surface area contributed by atoms with Gasteiger partial charge in [0.1, 0.15) is 0 Å². The highest BCUT2D eigenvalue weighted by Gasteiger charge is 2.14. The zero-order chi connectivity index (χ0) is 19.6. The second-order valence-corrected chi connectivity index (χ2v) is 5.60. The van der Waals surface area contributed by atoms with E-state index in [9.17, 15) is 4.79 Å². The molecule has 0 fully saturated rings. The van der Waals surface area contributed by atoms with Gasteiger partial charge < -0.3 is 29.6 Å². The minimum absolute atomic E-state index is 0.188. The van der Waals surface area contributed by atoms with E-state index in [-0.39, 0.29) is 5.91 Å². The van der Waals surface area contributed by atoms with Crippen LogP contribution in [0.25, 0.3) is 0 Å². The summed E-state index contributed by atoms with van der Waals surface area (Å²) in [4.78, 5) is 16.4. The molecule has 27 heavy (non-hydrogen) atoms. The first-order valence-electron chi connectivity index (χ1n) is 8.42. The third-order valence-corrected chi connectivity index (χ3v) is 3.76. The van der Waals surface area contributed by atoms with Gasteiger partial charge in [0.15, 0.2) is 11.5 Å². The molecule has 0 aliphatic carbocycles. The second kappa shape index (κ2) is 10.2. The van der Waals surface area contributed by atoms with Gasteiger partial charge in [0.25, 0.3) is 5.91 Å². The van der Waals surface area contributed by atoms with Crippen molar-refractivity contribution in [3.63, 3.8) is 0 Å². The van der Waals surface area contributed by atoms with E-state index in [0.717, 1.165) is 6.42 Å². The van der Waals surface area contributed by atoms with Crippen LogP contribution < -0.4 is 24.8 Å². The molecule has 1 aromatic carbocycles. The molecule has 0 atom stereocenters. The zero-order valence-electron chi connectivity index (χ0n) is 16.0. The van der Waals surface area contributed by atoms with Crippen LogP contribution in [0.3, 0.4) is 0 Å². The highest BCUT2D eigenvalue weighted by molar-refractivity contribution is 5.94. The van der Waals surface area contributed by atoms with Gasteiger partial charge >= 0.3 is 0 Å². The van der Waals surface area contributed by atoms with Crippen LogP contribution in [0, 0.1) is 0 Å². The summed E-state index contributed by atoms with van der Waals surface area (Å²) in [7, 11) is 6.28. The fraction of sp³-hybridized carbons (Fsp3) is 0.368. The minimum atomic E-state index is -0.188. The first-order chi connectivity index (χ1) is 13.1. The van der Waals surface area contributed by atoms with Gasteiger partial charge in [-0.3, -0.25) is 9.78 Å². The van der Waals surface area contributed by atoms with Crippen molar-refractivity contribution in [2.45, 2.75) is 6.42 Å². The smallest absolute Gasteiger partial charge is 0.252 e. The predicted molar refractivity (Wildman–Crippen MR) is 102 cm³/mol. The van der Waals surface area contributed by atoms with Crippen LogP contribution >= 0.6 is 0 Å². The highest BCUT2D eigenvalue weighted by Crippen LogP contribution is 2.40. The Morgan fingerprint density at radius 3 is 2.26 bits per heavy atom. The SMILES string of the molecule is COCCCNC(=O)c1cncc(Nc2cc(OC)c(OC)c(OC)c2)c1. The number of benzene rings is 1. The first-order valence-corrected chi connectivity index (χ1v) is 8.42. The number of amides is 1. The van der Waals surface area contributed by atoms with E-state index in [0.29, 0.717) is 47.3 Å². The summed E-state index contributed by atoms with van der Waals surface area (Å²) in [6.45, 7) is 1.14. The van der Waals surface area contributed by atoms with Gasteiger partial charge in [-0.25, -0.2) is 0 Å². The molecule has 0 saturated heterocycles. The van der Waals surface area contributed by atoms with Gasteiger partial charge in [-0.05, 0) is 12.5 Å². The number of carbonyl (C=O) groups excluding carboxylic acids is 1. The number of nitrogens with one attached hydrogen (secondary N) is 2. The summed E-state index contributed by atoms with van der Waals surface area (Å²) in [5.74, 6) is 1.37. The Labute approximate surface area is 158 Å². The van der Waals surface area contributed by atoms with Crippen molar-refractivity contribution in [1.29, 1.82) is 0 Å². The standard InChI is InChI=1S/C19H25N3O5/c1-24-7-5-6-21-19(23)13-8-15(12-20-11-13)22-14-9-16(25-2)18(27-4)17(10-14)26-3/h8-12,22H,5-7H2,1-4H3,(H,21,23). The van der Waals surface area contributed by atoms with E-state index >= 15 is 0 Å². The Hall–Kier alpha value is -3.00. The molecule has 0 spiro atoms. The van der Waals surface area contributed by atoms with Gasteiger partial charge in [-0.1, -0.05) is 0 Å². The molecule has 146 valence electrons. The largest absolute Gasteiger partial charge is 0.493 e. The molecule has 8 heteroatoms. The number of aromatic nitrogens is 1. The van der Waals surface area contributed by atoms with Crippen LogP contribution in [0.15, 0.2) is 30.6 Å². The van der Waals surface area contributed by atoms with Gasteiger partial charge in [0, 0.05) is 44.3 Å². The van der Waals surface area contributed by atoms with E-state index in [4.69, 9.17) is 18.9 Å². The quantitative estimate of drug-likeness (QED) is 0.617. The third-order valence-electron chi connectivity index (χ3n) is 3.76. The van der Waals surface area contributed by atoms with Crippen molar-refractivity contribution >= 4 is 17.3 Å². The van der Waals surface area contributed by atoms with Crippen LogP contribution in [0.5, 0.6) is 17.2 Å². The third kappa shape index (κ3) is 5.49. The number of pyridine rings is 1. The number of hydrogen-bond donors (Lipinski definition) is 2. The molecule has 1 aromatic heterocycles. The van der Waals surface area contributed by atoms with E-state index in [1.807, 2.05) is 0 Å². The summed E-state index contributed by atoms with van der Waals surface area (Å²) in [5.41, 5.74) is 1.84. The summed E-state index contributed by atoms with van der Waals surface area (Å²) in [6, 6.07) is 5.28. The lowest BCUT2D eigenvalue weighted by atomic mass is 10.2. The number of ether oxygens (including phenoxy) is 4. The highest BCUT2D eigenvalue weighted by atomic mass is 16.5. The number of anilines is 2. The van der Waals surface area contributed by atoms with Crippen molar-refractivity contribution in [3.8, 4) is 17.2 Å². The van der Waals surface area contributed by atoms with Crippen molar-refractivity contribution in [2.75, 3.05) is 46.9 Å². The number of methoxy groups -OCH3 is 4. The van der Waals surface area contributed by atoms with Crippen molar-refractivity contribution < 1.29 is 23.7 Å². The normalized spacial score (nSPS) is 10.2. The minimum Gasteiger partial charge on any atom is -0.493 e. The Balaban J connectivity index is 2.15. The van der Waals surface area contributed by atoms with Gasteiger partial charge in [0.2, 0.25) is 5.75 Å². The van der Waals surface area contributed by atoms with Gasteiger partial charge in [0.05, 0.1) is 38.8 Å². The molecule has 0 radical (unpaired) electrons. The van der Waals surface area contributed by atoms with Crippen LogP contribution in [-0.2, 0) is 4.74 Å². The molecule has 0 bridgehead atoms. The maximum absolute atomic E-state index is 12.2. The molecule has 0 unspecified atom stereocenters. The van der Waals surface area contributed by atoms with Crippen molar-refractivity contribution in [3.05, 3.63) is 36.2 Å². The number of hydrogen-bond acceptors (Lipinski definition) is 7. The van der Waals surface area contributed by atoms with Crippen LogP contribution in [-0.4, -0.2) is 52.5 Å². The van der Waals surface area contributed by atoms with Crippen molar-refractivity contribution in [1.82, 2.24) is 10.3 Å². The van der Waals surface area contributed by atoms with Crippen LogP contribution in [0.4, 0.5) is 11.4 Å². The Morgan fingerprint density at radius 2 is 1.67 bits per heavy atom. The summed E-state index contributed by atoms with van der Waals surface area (Å²) < 4.78 is 21.0. The Kier molecular flexibility index (Phi) is 7.69. The van der Waals surface area contributed by atoms with E-state index in [1.165, 1.54) is 6.20 Å². The molecule has 0 saturated carbocycles. The molecule has 1 heterocycles. The molecule has 1 amide bonds. The molecule has 0 aliphatic rings. The zero-order valence-corrected chi connectivity index (χ0v) is 16.0.